The van der Waals surface area contributed by atoms with Crippen LogP contribution in [0.15, 0.2) is 64.4 Å². The standard InChI is InChI=1S/C20H22N4O4S/c1-23-14-19(11-21-23)29(26,27)24(13-18-3-2-10-28-18)12-15-4-6-16(7-5-15)20(25)22-17-8-9-17/h2-7,10-11,14,17H,8-9,12-13H2,1H3,(H,22,25). The van der Waals surface area contributed by atoms with E-state index in [2.05, 4.69) is 10.4 Å². The van der Waals surface area contributed by atoms with Gasteiger partial charge in [-0.25, -0.2) is 8.42 Å². The largest absolute Gasteiger partial charge is 0.468 e. The van der Waals surface area contributed by atoms with Crippen molar-refractivity contribution in [3.8, 4) is 0 Å². The van der Waals surface area contributed by atoms with E-state index in [-0.39, 0.29) is 29.9 Å². The molecule has 0 saturated heterocycles. The highest BCUT2D eigenvalue weighted by atomic mass is 32.2. The van der Waals surface area contributed by atoms with Crippen LogP contribution in [0.1, 0.15) is 34.5 Å². The fraction of sp³-hybridized carbons (Fsp3) is 0.300. The van der Waals surface area contributed by atoms with Crippen molar-refractivity contribution in [1.82, 2.24) is 19.4 Å². The summed E-state index contributed by atoms with van der Waals surface area (Å²) in [7, 11) is -2.11. The Bertz CT molecular complexity index is 1080. The fourth-order valence-corrected chi connectivity index (χ4v) is 4.33. The number of nitrogens with one attached hydrogen (secondary N) is 1. The number of carbonyl (C=O) groups is 1. The minimum atomic E-state index is -3.78. The average Bonchev–Trinajstić information content (AvgIpc) is 3.16. The van der Waals surface area contributed by atoms with E-state index in [1.165, 1.54) is 27.6 Å². The zero-order valence-electron chi connectivity index (χ0n) is 16.0. The minimum absolute atomic E-state index is 0.0914. The molecular weight excluding hydrogens is 392 g/mol. The lowest BCUT2D eigenvalue weighted by atomic mass is 10.1. The normalized spacial score (nSPS) is 14.3. The van der Waals surface area contributed by atoms with Crippen molar-refractivity contribution in [2.75, 3.05) is 0 Å². The van der Waals surface area contributed by atoms with Crippen molar-refractivity contribution >= 4 is 15.9 Å². The lowest BCUT2D eigenvalue weighted by Gasteiger charge is -2.20. The first-order valence-corrected chi connectivity index (χ1v) is 10.8. The molecule has 0 bridgehead atoms. The van der Waals surface area contributed by atoms with Gasteiger partial charge in [0.1, 0.15) is 10.7 Å². The molecule has 2 aromatic heterocycles. The predicted molar refractivity (Wildman–Crippen MR) is 105 cm³/mol. The Balaban J connectivity index is 1.55. The Hall–Kier alpha value is -2.91. The summed E-state index contributed by atoms with van der Waals surface area (Å²) in [4.78, 5) is 12.3. The van der Waals surface area contributed by atoms with Gasteiger partial charge < -0.3 is 9.73 Å². The molecule has 0 spiro atoms. The maximum Gasteiger partial charge on any atom is 0.251 e. The summed E-state index contributed by atoms with van der Waals surface area (Å²) in [6, 6.07) is 10.7. The van der Waals surface area contributed by atoms with Gasteiger partial charge in [-0.2, -0.15) is 9.40 Å². The van der Waals surface area contributed by atoms with Crippen LogP contribution in [0.3, 0.4) is 0 Å². The molecule has 0 aliphatic heterocycles. The zero-order valence-corrected chi connectivity index (χ0v) is 16.8. The summed E-state index contributed by atoms with van der Waals surface area (Å²) in [6.07, 6.45) is 6.36. The molecule has 8 nitrogen and oxygen atoms in total. The third kappa shape index (κ3) is 4.57. The number of amides is 1. The molecule has 9 heteroatoms. The van der Waals surface area contributed by atoms with Crippen LogP contribution in [0, 0.1) is 0 Å². The second-order valence-electron chi connectivity index (χ2n) is 7.15. The van der Waals surface area contributed by atoms with Crippen molar-refractivity contribution in [2.45, 2.75) is 36.9 Å². The van der Waals surface area contributed by atoms with E-state index >= 15 is 0 Å². The lowest BCUT2D eigenvalue weighted by molar-refractivity contribution is 0.0951. The molecule has 3 aromatic rings. The SMILES string of the molecule is Cn1cc(S(=O)(=O)N(Cc2ccc(C(=O)NC3CC3)cc2)Cc2ccco2)cn1. The molecule has 1 aliphatic rings. The Morgan fingerprint density at radius 1 is 1.24 bits per heavy atom. The highest BCUT2D eigenvalue weighted by Gasteiger charge is 2.27. The Morgan fingerprint density at radius 3 is 2.59 bits per heavy atom. The molecule has 2 heterocycles. The maximum atomic E-state index is 13.1. The van der Waals surface area contributed by atoms with Crippen molar-refractivity contribution in [2.24, 2.45) is 7.05 Å². The average molecular weight is 414 g/mol. The van der Waals surface area contributed by atoms with Crippen LogP contribution in [-0.4, -0.2) is 34.5 Å². The van der Waals surface area contributed by atoms with Crippen molar-refractivity contribution in [3.05, 3.63) is 71.9 Å². The quantitative estimate of drug-likeness (QED) is 0.610. The number of carbonyl (C=O) groups excluding carboxylic acids is 1. The van der Waals surface area contributed by atoms with E-state index < -0.39 is 10.0 Å². The van der Waals surface area contributed by atoms with Gasteiger partial charge in [0.25, 0.3) is 5.91 Å². The van der Waals surface area contributed by atoms with Gasteiger partial charge >= 0.3 is 0 Å². The molecular formula is C20H22N4O4S. The van der Waals surface area contributed by atoms with Gasteiger partial charge in [-0.3, -0.25) is 9.48 Å². The van der Waals surface area contributed by atoms with Crippen LogP contribution in [0.2, 0.25) is 0 Å². The molecule has 152 valence electrons. The Kier molecular flexibility index (Phi) is 5.25. The van der Waals surface area contributed by atoms with Gasteiger partial charge in [-0.1, -0.05) is 12.1 Å². The van der Waals surface area contributed by atoms with E-state index in [4.69, 9.17) is 4.42 Å². The number of rotatable bonds is 8. The van der Waals surface area contributed by atoms with Gasteiger partial charge in [-0.15, -0.1) is 0 Å². The van der Waals surface area contributed by atoms with Crippen molar-refractivity contribution in [3.63, 3.8) is 0 Å². The molecule has 0 radical (unpaired) electrons. The van der Waals surface area contributed by atoms with Gasteiger partial charge in [-0.05, 0) is 42.7 Å². The molecule has 0 unspecified atom stereocenters. The third-order valence-corrected chi connectivity index (χ3v) is 6.46. The molecule has 0 atom stereocenters. The summed E-state index contributed by atoms with van der Waals surface area (Å²) in [5, 5.41) is 6.91. The number of sulfonamides is 1. The summed E-state index contributed by atoms with van der Waals surface area (Å²) in [5.74, 6) is 0.437. The second kappa shape index (κ2) is 7.84. The first-order valence-electron chi connectivity index (χ1n) is 9.33. The lowest BCUT2D eigenvalue weighted by Crippen LogP contribution is -2.30. The van der Waals surface area contributed by atoms with Crippen LogP contribution < -0.4 is 5.32 Å². The summed E-state index contributed by atoms with van der Waals surface area (Å²) in [5.41, 5.74) is 1.33. The second-order valence-corrected chi connectivity index (χ2v) is 9.08. The van der Waals surface area contributed by atoms with E-state index in [1.807, 2.05) is 0 Å². The molecule has 1 saturated carbocycles. The molecule has 1 N–H and O–H groups in total. The molecule has 1 fully saturated rings. The number of aryl methyl sites for hydroxylation is 1. The number of hydrogen-bond acceptors (Lipinski definition) is 5. The first-order chi connectivity index (χ1) is 13.9. The highest BCUT2D eigenvalue weighted by molar-refractivity contribution is 7.89. The Labute approximate surface area is 169 Å². The fourth-order valence-electron chi connectivity index (χ4n) is 2.94. The number of aromatic nitrogens is 2. The Morgan fingerprint density at radius 2 is 2.00 bits per heavy atom. The predicted octanol–water partition coefficient (Wildman–Crippen LogP) is 2.30. The van der Waals surface area contributed by atoms with Crippen molar-refractivity contribution < 1.29 is 17.6 Å². The molecule has 29 heavy (non-hydrogen) atoms. The van der Waals surface area contributed by atoms with Crippen LogP contribution in [0.5, 0.6) is 0 Å². The van der Waals surface area contributed by atoms with Crippen molar-refractivity contribution in [1.29, 1.82) is 0 Å². The monoisotopic (exact) mass is 414 g/mol. The number of furan rings is 1. The molecule has 4 rings (SSSR count). The van der Waals surface area contributed by atoms with Gasteiger partial charge in [0.05, 0.1) is 19.0 Å². The molecule has 1 aliphatic carbocycles. The van der Waals surface area contributed by atoms with E-state index in [0.717, 1.165) is 18.4 Å². The first kappa shape index (κ1) is 19.4. The maximum absolute atomic E-state index is 13.1. The van der Waals surface area contributed by atoms with Crippen LogP contribution in [-0.2, 0) is 30.2 Å². The topological polar surface area (TPSA) is 97.4 Å². The highest BCUT2D eigenvalue weighted by Crippen LogP contribution is 2.22. The van der Waals surface area contributed by atoms with Crippen LogP contribution in [0.25, 0.3) is 0 Å². The van der Waals surface area contributed by atoms with E-state index in [9.17, 15) is 13.2 Å². The van der Waals surface area contributed by atoms with Gasteiger partial charge in [0, 0.05) is 31.4 Å². The van der Waals surface area contributed by atoms with Crippen LogP contribution >= 0.6 is 0 Å². The van der Waals surface area contributed by atoms with Gasteiger partial charge in [0.15, 0.2) is 0 Å². The number of benzene rings is 1. The smallest absolute Gasteiger partial charge is 0.251 e. The third-order valence-electron chi connectivity index (χ3n) is 4.72. The molecule has 1 amide bonds. The summed E-state index contributed by atoms with van der Waals surface area (Å²) in [6.45, 7) is 0.233. The van der Waals surface area contributed by atoms with Gasteiger partial charge in [0.2, 0.25) is 10.0 Å². The summed E-state index contributed by atoms with van der Waals surface area (Å²) >= 11 is 0. The van der Waals surface area contributed by atoms with Crippen LogP contribution in [0.4, 0.5) is 0 Å². The number of nitrogens with zero attached hydrogens (tertiary/aromatic N) is 3. The molecule has 1 aromatic carbocycles. The summed E-state index contributed by atoms with van der Waals surface area (Å²) < 4.78 is 34.4. The zero-order chi connectivity index (χ0) is 20.4. The van der Waals surface area contributed by atoms with E-state index in [0.29, 0.717) is 11.3 Å². The number of hydrogen-bond donors (Lipinski definition) is 1. The minimum Gasteiger partial charge on any atom is -0.468 e. The van der Waals surface area contributed by atoms with E-state index in [1.54, 1.807) is 43.4 Å².